The standard InChI is InChI=1S/C12H16OS2/c1-2-9-14-10-12-7-6-11(15-12)5-3-4-8-13/h6-7,13H,2,4,8-10H2,1H3. The van der Waals surface area contributed by atoms with Crippen molar-refractivity contribution in [1.29, 1.82) is 0 Å². The van der Waals surface area contributed by atoms with Crippen molar-refractivity contribution >= 4 is 23.1 Å². The molecule has 0 aliphatic rings. The van der Waals surface area contributed by atoms with Crippen LogP contribution in [0.5, 0.6) is 0 Å². The van der Waals surface area contributed by atoms with Crippen molar-refractivity contribution in [1.82, 2.24) is 0 Å². The molecule has 0 radical (unpaired) electrons. The lowest BCUT2D eigenvalue weighted by molar-refractivity contribution is 0.305. The highest BCUT2D eigenvalue weighted by Gasteiger charge is 1.97. The second-order valence-corrected chi connectivity index (χ2v) is 5.37. The van der Waals surface area contributed by atoms with Crippen LogP contribution in [0.2, 0.25) is 0 Å². The Labute approximate surface area is 99.9 Å². The average molecular weight is 240 g/mol. The molecule has 0 saturated heterocycles. The minimum Gasteiger partial charge on any atom is -0.395 e. The van der Waals surface area contributed by atoms with Gasteiger partial charge < -0.3 is 5.11 Å². The molecular weight excluding hydrogens is 224 g/mol. The van der Waals surface area contributed by atoms with Gasteiger partial charge in [-0.05, 0) is 24.3 Å². The quantitative estimate of drug-likeness (QED) is 0.630. The molecular formula is C12H16OS2. The summed E-state index contributed by atoms with van der Waals surface area (Å²) in [6.07, 6.45) is 1.80. The van der Waals surface area contributed by atoms with E-state index >= 15 is 0 Å². The molecule has 0 bridgehead atoms. The number of hydrogen-bond donors (Lipinski definition) is 1. The van der Waals surface area contributed by atoms with E-state index in [0.29, 0.717) is 6.42 Å². The monoisotopic (exact) mass is 240 g/mol. The van der Waals surface area contributed by atoms with Gasteiger partial charge in [0.15, 0.2) is 0 Å². The van der Waals surface area contributed by atoms with Gasteiger partial charge in [0, 0.05) is 17.1 Å². The second-order valence-electron chi connectivity index (χ2n) is 3.09. The predicted octanol–water partition coefficient (Wildman–Crippen LogP) is 3.13. The van der Waals surface area contributed by atoms with Gasteiger partial charge in [-0.15, -0.1) is 11.3 Å². The number of thiophene rings is 1. The number of hydrogen-bond acceptors (Lipinski definition) is 3. The summed E-state index contributed by atoms with van der Waals surface area (Å²) in [5.74, 6) is 8.31. The lowest BCUT2D eigenvalue weighted by Gasteiger charge is -1.94. The van der Waals surface area contributed by atoms with Gasteiger partial charge in [0.1, 0.15) is 0 Å². The van der Waals surface area contributed by atoms with E-state index < -0.39 is 0 Å². The van der Waals surface area contributed by atoms with Crippen molar-refractivity contribution in [3.63, 3.8) is 0 Å². The van der Waals surface area contributed by atoms with Gasteiger partial charge in [0.05, 0.1) is 11.5 Å². The highest BCUT2D eigenvalue weighted by atomic mass is 32.2. The summed E-state index contributed by atoms with van der Waals surface area (Å²) in [4.78, 5) is 2.50. The van der Waals surface area contributed by atoms with Crippen LogP contribution < -0.4 is 0 Å². The van der Waals surface area contributed by atoms with Gasteiger partial charge in [-0.25, -0.2) is 0 Å². The molecule has 15 heavy (non-hydrogen) atoms. The summed E-state index contributed by atoms with van der Waals surface area (Å²) in [7, 11) is 0. The van der Waals surface area contributed by atoms with Crippen LogP contribution in [0.25, 0.3) is 0 Å². The van der Waals surface area contributed by atoms with Gasteiger partial charge in [-0.3, -0.25) is 0 Å². The van der Waals surface area contributed by atoms with Gasteiger partial charge in [0.2, 0.25) is 0 Å². The number of aliphatic hydroxyl groups excluding tert-OH is 1. The van der Waals surface area contributed by atoms with Crippen molar-refractivity contribution < 1.29 is 5.11 Å². The first-order valence-corrected chi connectivity index (χ1v) is 7.10. The third-order valence-electron chi connectivity index (χ3n) is 1.70. The lowest BCUT2D eigenvalue weighted by atomic mass is 10.4. The van der Waals surface area contributed by atoms with E-state index in [9.17, 15) is 0 Å². The van der Waals surface area contributed by atoms with Gasteiger partial charge in [-0.2, -0.15) is 11.8 Å². The van der Waals surface area contributed by atoms with Crippen LogP contribution in [0.1, 0.15) is 29.5 Å². The molecule has 0 saturated carbocycles. The fourth-order valence-electron chi connectivity index (χ4n) is 1.05. The third-order valence-corrected chi connectivity index (χ3v) is 4.10. The molecule has 0 aliphatic heterocycles. The normalized spacial score (nSPS) is 9.73. The Bertz CT molecular complexity index is 333. The molecule has 0 unspecified atom stereocenters. The maximum atomic E-state index is 8.59. The predicted molar refractivity (Wildman–Crippen MR) is 69.4 cm³/mol. The molecule has 1 nitrogen and oxygen atoms in total. The van der Waals surface area contributed by atoms with Crippen LogP contribution in [-0.2, 0) is 5.75 Å². The molecule has 0 aromatic carbocycles. The molecule has 82 valence electrons. The third kappa shape index (κ3) is 5.27. The highest BCUT2D eigenvalue weighted by molar-refractivity contribution is 7.98. The van der Waals surface area contributed by atoms with Crippen molar-refractivity contribution in [2.24, 2.45) is 0 Å². The Balaban J connectivity index is 2.39. The fourth-order valence-corrected chi connectivity index (χ4v) is 2.94. The van der Waals surface area contributed by atoms with E-state index in [1.807, 2.05) is 11.8 Å². The van der Waals surface area contributed by atoms with Gasteiger partial charge >= 0.3 is 0 Å². The zero-order valence-electron chi connectivity index (χ0n) is 8.95. The molecule has 1 aromatic heterocycles. The largest absolute Gasteiger partial charge is 0.395 e. The number of thioether (sulfide) groups is 1. The number of rotatable bonds is 5. The summed E-state index contributed by atoms with van der Waals surface area (Å²) in [6, 6.07) is 4.22. The molecule has 0 atom stereocenters. The molecule has 1 aromatic rings. The molecule has 0 aliphatic carbocycles. The summed E-state index contributed by atoms with van der Waals surface area (Å²) in [6.45, 7) is 2.35. The lowest BCUT2D eigenvalue weighted by Crippen LogP contribution is -1.76. The summed E-state index contributed by atoms with van der Waals surface area (Å²) in [5.41, 5.74) is 0. The van der Waals surface area contributed by atoms with Crippen LogP contribution in [0.4, 0.5) is 0 Å². The minimum atomic E-state index is 0.150. The van der Waals surface area contributed by atoms with Crippen molar-refractivity contribution in [2.75, 3.05) is 12.4 Å². The molecule has 1 rings (SSSR count). The molecule has 3 heteroatoms. The van der Waals surface area contributed by atoms with Gasteiger partial charge in [-0.1, -0.05) is 18.8 Å². The SMILES string of the molecule is CCCSCc1ccc(C#CCCO)s1. The summed E-state index contributed by atoms with van der Waals surface area (Å²) >= 11 is 3.73. The summed E-state index contributed by atoms with van der Waals surface area (Å²) < 4.78 is 0. The highest BCUT2D eigenvalue weighted by Crippen LogP contribution is 2.21. The fraction of sp³-hybridized carbons (Fsp3) is 0.500. The van der Waals surface area contributed by atoms with E-state index in [2.05, 4.69) is 30.9 Å². The Kier molecular flexibility index (Phi) is 6.58. The van der Waals surface area contributed by atoms with Crippen LogP contribution in [-0.4, -0.2) is 17.5 Å². The van der Waals surface area contributed by atoms with E-state index in [1.165, 1.54) is 17.1 Å². The van der Waals surface area contributed by atoms with Crippen molar-refractivity contribution in [3.05, 3.63) is 21.9 Å². The van der Waals surface area contributed by atoms with Crippen LogP contribution in [0.15, 0.2) is 12.1 Å². The van der Waals surface area contributed by atoms with E-state index in [0.717, 1.165) is 10.6 Å². The molecule has 0 spiro atoms. The Morgan fingerprint density at radius 1 is 1.47 bits per heavy atom. The molecule has 0 fully saturated rings. The maximum absolute atomic E-state index is 8.59. The zero-order chi connectivity index (χ0) is 10.9. The van der Waals surface area contributed by atoms with Crippen molar-refractivity contribution in [3.8, 4) is 11.8 Å². The minimum absolute atomic E-state index is 0.150. The van der Waals surface area contributed by atoms with E-state index in [-0.39, 0.29) is 6.61 Å². The maximum Gasteiger partial charge on any atom is 0.0771 e. The topological polar surface area (TPSA) is 20.2 Å². The molecule has 1 N–H and O–H groups in total. The molecule has 1 heterocycles. The van der Waals surface area contributed by atoms with Crippen LogP contribution in [0, 0.1) is 11.8 Å². The zero-order valence-corrected chi connectivity index (χ0v) is 10.6. The van der Waals surface area contributed by atoms with Crippen LogP contribution >= 0.6 is 23.1 Å². The average Bonchev–Trinajstić information content (AvgIpc) is 2.67. The smallest absolute Gasteiger partial charge is 0.0771 e. The Hall–Kier alpha value is -0.430. The first-order chi connectivity index (χ1) is 7.36. The van der Waals surface area contributed by atoms with E-state index in [4.69, 9.17) is 5.11 Å². The van der Waals surface area contributed by atoms with Gasteiger partial charge in [0.25, 0.3) is 0 Å². The Morgan fingerprint density at radius 2 is 2.33 bits per heavy atom. The first-order valence-electron chi connectivity index (χ1n) is 5.13. The Morgan fingerprint density at radius 3 is 3.07 bits per heavy atom. The molecule has 0 amide bonds. The second kappa shape index (κ2) is 7.81. The van der Waals surface area contributed by atoms with Crippen LogP contribution in [0.3, 0.4) is 0 Å². The van der Waals surface area contributed by atoms with E-state index in [1.54, 1.807) is 11.3 Å². The summed E-state index contributed by atoms with van der Waals surface area (Å²) in [5, 5.41) is 8.59. The first kappa shape index (κ1) is 12.6. The van der Waals surface area contributed by atoms with Crippen molar-refractivity contribution in [2.45, 2.75) is 25.5 Å². The number of aliphatic hydroxyl groups is 1.